The number of hydrogen-bond acceptors (Lipinski definition) is 3. The van der Waals surface area contributed by atoms with Gasteiger partial charge in [0, 0.05) is 17.0 Å². The van der Waals surface area contributed by atoms with Gasteiger partial charge in [0.15, 0.2) is 0 Å². The molecular weight excluding hydrogens is 337 g/mol. The zero-order valence-corrected chi connectivity index (χ0v) is 14.0. The van der Waals surface area contributed by atoms with E-state index in [1.165, 1.54) is 24.3 Å². The van der Waals surface area contributed by atoms with Gasteiger partial charge in [0.1, 0.15) is 0 Å². The summed E-state index contributed by atoms with van der Waals surface area (Å²) < 4.78 is 36.7. The largest absolute Gasteiger partial charge is 0.446 e. The van der Waals surface area contributed by atoms with Crippen LogP contribution in [0.15, 0.2) is 29.2 Å². The second-order valence-electron chi connectivity index (χ2n) is 4.72. The molecule has 0 spiro atoms. The Labute approximate surface area is 138 Å². The van der Waals surface area contributed by atoms with Crippen LogP contribution in [0, 0.1) is 0 Å². The summed E-state index contributed by atoms with van der Waals surface area (Å²) in [5.41, 5.74) is 1.22. The molecule has 0 aromatic heterocycles. The third kappa shape index (κ3) is 6.06. The zero-order chi connectivity index (χ0) is 16.1. The van der Waals surface area contributed by atoms with Crippen LogP contribution in [-0.2, 0) is 0 Å². The van der Waals surface area contributed by atoms with Crippen LogP contribution in [-0.4, -0.2) is 23.5 Å². The average Bonchev–Trinajstić information content (AvgIpc) is 2.44. The van der Waals surface area contributed by atoms with Crippen LogP contribution in [0.5, 0.6) is 0 Å². The number of carbonyl (C=O) groups excluding carboxylic acids is 1. The van der Waals surface area contributed by atoms with Crippen molar-refractivity contribution in [2.24, 2.45) is 5.73 Å². The molecule has 1 rings (SSSR count). The van der Waals surface area contributed by atoms with Crippen molar-refractivity contribution in [1.82, 2.24) is 5.32 Å². The van der Waals surface area contributed by atoms with E-state index in [1.54, 1.807) is 0 Å². The fourth-order valence-corrected chi connectivity index (χ4v) is 2.43. The van der Waals surface area contributed by atoms with E-state index in [-0.39, 0.29) is 35.0 Å². The Morgan fingerprint density at radius 2 is 1.68 bits per heavy atom. The fourth-order valence-electron chi connectivity index (χ4n) is 1.89. The van der Waals surface area contributed by atoms with Crippen molar-refractivity contribution in [2.45, 2.75) is 42.6 Å². The van der Waals surface area contributed by atoms with E-state index in [2.05, 4.69) is 5.32 Å². The Balaban J connectivity index is 0.00000441. The van der Waals surface area contributed by atoms with Gasteiger partial charge in [0.25, 0.3) is 5.91 Å². The van der Waals surface area contributed by atoms with E-state index in [4.69, 9.17) is 5.73 Å². The lowest BCUT2D eigenvalue weighted by Gasteiger charge is -2.31. The Bertz CT molecular complexity index is 468. The van der Waals surface area contributed by atoms with Crippen LogP contribution in [0.25, 0.3) is 0 Å². The molecular formula is C14H20ClF3N2OS. The number of carbonyl (C=O) groups is 1. The molecule has 1 aromatic carbocycles. The van der Waals surface area contributed by atoms with Gasteiger partial charge in [-0.15, -0.1) is 12.4 Å². The quantitative estimate of drug-likeness (QED) is 0.758. The molecule has 0 unspecified atom stereocenters. The Morgan fingerprint density at radius 1 is 1.18 bits per heavy atom. The first-order valence-electron chi connectivity index (χ1n) is 6.63. The van der Waals surface area contributed by atoms with Crippen LogP contribution in [0.2, 0.25) is 0 Å². The first-order chi connectivity index (χ1) is 9.75. The molecule has 3 N–H and O–H groups in total. The van der Waals surface area contributed by atoms with E-state index >= 15 is 0 Å². The number of amides is 1. The van der Waals surface area contributed by atoms with Crippen molar-refractivity contribution >= 4 is 30.1 Å². The predicted molar refractivity (Wildman–Crippen MR) is 85.4 cm³/mol. The summed E-state index contributed by atoms with van der Waals surface area (Å²) in [5, 5.41) is 2.87. The van der Waals surface area contributed by atoms with Gasteiger partial charge in [-0.1, -0.05) is 13.8 Å². The second kappa shape index (κ2) is 8.64. The lowest BCUT2D eigenvalue weighted by Crippen LogP contribution is -2.52. The van der Waals surface area contributed by atoms with Crippen molar-refractivity contribution in [2.75, 3.05) is 6.54 Å². The Morgan fingerprint density at radius 3 is 2.05 bits per heavy atom. The fraction of sp³-hybridized carbons (Fsp3) is 0.500. The van der Waals surface area contributed by atoms with Crippen molar-refractivity contribution in [3.8, 4) is 0 Å². The van der Waals surface area contributed by atoms with E-state index in [1.807, 2.05) is 13.8 Å². The van der Waals surface area contributed by atoms with Crippen LogP contribution < -0.4 is 11.1 Å². The second-order valence-corrected chi connectivity index (χ2v) is 5.86. The number of nitrogens with one attached hydrogen (secondary N) is 1. The van der Waals surface area contributed by atoms with Crippen LogP contribution in [0.3, 0.4) is 0 Å². The van der Waals surface area contributed by atoms with Gasteiger partial charge in [-0.2, -0.15) is 13.2 Å². The highest BCUT2D eigenvalue weighted by atomic mass is 35.5. The molecule has 0 aliphatic heterocycles. The zero-order valence-electron chi connectivity index (χ0n) is 12.4. The van der Waals surface area contributed by atoms with Gasteiger partial charge in [-0.25, -0.2) is 0 Å². The third-order valence-corrected chi connectivity index (χ3v) is 4.21. The van der Waals surface area contributed by atoms with E-state index in [9.17, 15) is 18.0 Å². The molecule has 0 aliphatic rings. The predicted octanol–water partition coefficient (Wildman–Crippen LogP) is 3.97. The van der Waals surface area contributed by atoms with Crippen molar-refractivity contribution < 1.29 is 18.0 Å². The lowest BCUT2D eigenvalue weighted by atomic mass is 9.92. The number of rotatable bonds is 6. The number of nitrogens with two attached hydrogens (primary N) is 1. The summed E-state index contributed by atoms with van der Waals surface area (Å²) >= 11 is -0.204. The van der Waals surface area contributed by atoms with Gasteiger partial charge < -0.3 is 11.1 Å². The number of alkyl halides is 3. The highest BCUT2D eigenvalue weighted by Crippen LogP contribution is 2.36. The molecule has 0 radical (unpaired) electrons. The van der Waals surface area contributed by atoms with Crippen LogP contribution in [0.1, 0.15) is 37.0 Å². The van der Waals surface area contributed by atoms with Crippen LogP contribution >= 0.6 is 24.2 Å². The molecule has 8 heteroatoms. The number of thioether (sulfide) groups is 1. The summed E-state index contributed by atoms with van der Waals surface area (Å²) in [4.78, 5) is 12.2. The molecule has 0 atom stereocenters. The van der Waals surface area contributed by atoms with E-state index in [0.29, 0.717) is 24.9 Å². The van der Waals surface area contributed by atoms with Crippen molar-refractivity contribution in [3.05, 3.63) is 29.8 Å². The first-order valence-corrected chi connectivity index (χ1v) is 7.45. The topological polar surface area (TPSA) is 55.1 Å². The average molecular weight is 357 g/mol. The monoisotopic (exact) mass is 356 g/mol. The molecule has 0 fully saturated rings. The molecule has 0 bridgehead atoms. The van der Waals surface area contributed by atoms with Gasteiger partial charge in [0.05, 0.1) is 5.54 Å². The number of hydrogen-bond donors (Lipinski definition) is 2. The smallest absolute Gasteiger partial charge is 0.345 e. The summed E-state index contributed by atoms with van der Waals surface area (Å²) in [6.45, 7) is 4.17. The van der Waals surface area contributed by atoms with Gasteiger partial charge in [0.2, 0.25) is 0 Å². The highest BCUT2D eigenvalue weighted by Gasteiger charge is 2.29. The minimum absolute atomic E-state index is 0. The molecule has 1 aromatic rings. The summed E-state index contributed by atoms with van der Waals surface area (Å²) in [6, 6.07) is 5.34. The lowest BCUT2D eigenvalue weighted by molar-refractivity contribution is -0.0328. The summed E-state index contributed by atoms with van der Waals surface area (Å²) in [5.74, 6) is -0.326. The van der Waals surface area contributed by atoms with Gasteiger partial charge in [-0.05, 0) is 48.9 Å². The molecule has 0 saturated heterocycles. The first kappa shape index (κ1) is 21.1. The van der Waals surface area contributed by atoms with Crippen molar-refractivity contribution in [1.29, 1.82) is 0 Å². The highest BCUT2D eigenvalue weighted by molar-refractivity contribution is 8.00. The molecule has 126 valence electrons. The maximum atomic E-state index is 12.2. The van der Waals surface area contributed by atoms with E-state index < -0.39 is 11.0 Å². The minimum atomic E-state index is -4.33. The summed E-state index contributed by atoms with van der Waals surface area (Å²) in [7, 11) is 0. The molecule has 3 nitrogen and oxygen atoms in total. The maximum absolute atomic E-state index is 12.2. The standard InChI is InChI=1S/C14H19F3N2OS.ClH/c1-3-13(4-2,9-18)19-12(20)10-5-7-11(8-6-10)21-14(15,16)17;/h5-8H,3-4,9,18H2,1-2H3,(H,19,20);1H. The maximum Gasteiger partial charge on any atom is 0.446 e. The molecule has 0 heterocycles. The Kier molecular flexibility index (Phi) is 8.28. The molecule has 0 aliphatic carbocycles. The molecule has 22 heavy (non-hydrogen) atoms. The van der Waals surface area contributed by atoms with Crippen LogP contribution in [0.4, 0.5) is 13.2 Å². The molecule has 0 saturated carbocycles. The number of benzene rings is 1. The SMILES string of the molecule is CCC(CC)(CN)NC(=O)c1ccc(SC(F)(F)F)cc1.Cl. The molecule has 1 amide bonds. The third-order valence-electron chi connectivity index (χ3n) is 3.47. The van der Waals surface area contributed by atoms with E-state index in [0.717, 1.165) is 0 Å². The van der Waals surface area contributed by atoms with Crippen molar-refractivity contribution in [3.63, 3.8) is 0 Å². The Hall–Kier alpha value is -0.920. The van der Waals surface area contributed by atoms with Gasteiger partial charge >= 0.3 is 5.51 Å². The summed E-state index contributed by atoms with van der Waals surface area (Å²) in [6.07, 6.45) is 1.38. The normalized spacial score (nSPS) is 11.7. The minimum Gasteiger partial charge on any atom is -0.345 e. The number of halogens is 4. The van der Waals surface area contributed by atoms with Gasteiger partial charge in [-0.3, -0.25) is 4.79 Å².